The van der Waals surface area contributed by atoms with E-state index < -0.39 is 5.60 Å². The average molecular weight is 335 g/mol. The van der Waals surface area contributed by atoms with E-state index >= 15 is 0 Å². The Kier molecular flexibility index (Phi) is 3.76. The van der Waals surface area contributed by atoms with Gasteiger partial charge in [-0.15, -0.1) is 0 Å². The van der Waals surface area contributed by atoms with Gasteiger partial charge in [-0.3, -0.25) is 4.79 Å². The van der Waals surface area contributed by atoms with E-state index in [2.05, 4.69) is 13.8 Å². The molecule has 4 aliphatic carbocycles. The molecule has 4 aliphatic rings. The molecule has 0 bridgehead atoms. The van der Waals surface area contributed by atoms with E-state index in [9.17, 15) is 15.0 Å². The Labute approximate surface area is 146 Å². The summed E-state index contributed by atoms with van der Waals surface area (Å²) in [5.41, 5.74) is -0.957. The fourth-order valence-electron chi connectivity index (χ4n) is 7.83. The van der Waals surface area contributed by atoms with E-state index in [1.807, 2.05) is 0 Å². The molecule has 0 radical (unpaired) electrons. The first-order chi connectivity index (χ1) is 11.2. The van der Waals surface area contributed by atoms with Gasteiger partial charge in [0.15, 0.2) is 5.78 Å². The van der Waals surface area contributed by atoms with Crippen LogP contribution in [0.2, 0.25) is 0 Å². The quantitative estimate of drug-likeness (QED) is 0.768. The molecule has 3 heteroatoms. The van der Waals surface area contributed by atoms with Crippen LogP contribution in [-0.2, 0) is 4.79 Å². The van der Waals surface area contributed by atoms with Crippen molar-refractivity contribution < 1.29 is 15.0 Å². The van der Waals surface area contributed by atoms with Crippen LogP contribution < -0.4 is 0 Å². The summed E-state index contributed by atoms with van der Waals surface area (Å²) in [7, 11) is 0. The van der Waals surface area contributed by atoms with Gasteiger partial charge in [0.2, 0.25) is 0 Å². The highest BCUT2D eigenvalue weighted by molar-refractivity contribution is 5.86. The molecule has 8 atom stereocenters. The van der Waals surface area contributed by atoms with Crippen molar-refractivity contribution in [1.29, 1.82) is 0 Å². The van der Waals surface area contributed by atoms with Gasteiger partial charge in [0, 0.05) is 5.41 Å². The molecule has 0 aliphatic heterocycles. The SMILES string of the molecule is CC(=O)[C@@]1(O)CC[C@H]2[C@@H]3CC[C@@H]4C[C@H](O)CC[C@]4(C)[C@@H]3CC[C@@]21C. The van der Waals surface area contributed by atoms with E-state index in [-0.39, 0.29) is 17.3 Å². The van der Waals surface area contributed by atoms with Crippen LogP contribution in [-0.4, -0.2) is 27.7 Å². The first kappa shape index (κ1) is 17.0. The fourth-order valence-corrected chi connectivity index (χ4v) is 7.83. The third-order valence-electron chi connectivity index (χ3n) is 9.37. The minimum Gasteiger partial charge on any atom is -0.393 e. The van der Waals surface area contributed by atoms with Crippen molar-refractivity contribution in [2.24, 2.45) is 34.5 Å². The van der Waals surface area contributed by atoms with Crippen LogP contribution in [0.15, 0.2) is 0 Å². The summed E-state index contributed by atoms with van der Waals surface area (Å²) < 4.78 is 0. The van der Waals surface area contributed by atoms with Gasteiger partial charge >= 0.3 is 0 Å². The summed E-state index contributed by atoms with van der Waals surface area (Å²) >= 11 is 0. The number of Topliss-reactive ketones (excluding diaryl/α,β-unsaturated/α-hetero) is 1. The Morgan fingerprint density at radius 1 is 0.958 bits per heavy atom. The molecule has 136 valence electrons. The van der Waals surface area contributed by atoms with Crippen molar-refractivity contribution in [3.63, 3.8) is 0 Å². The van der Waals surface area contributed by atoms with Crippen LogP contribution in [0.1, 0.15) is 78.6 Å². The molecule has 0 aromatic carbocycles. The molecule has 4 saturated carbocycles. The van der Waals surface area contributed by atoms with Gasteiger partial charge in [0.1, 0.15) is 5.60 Å². The second-order valence-corrected chi connectivity index (χ2v) is 10.00. The predicted molar refractivity (Wildman–Crippen MR) is 93.4 cm³/mol. The molecular weight excluding hydrogens is 300 g/mol. The summed E-state index contributed by atoms with van der Waals surface area (Å²) in [5, 5.41) is 21.3. The summed E-state index contributed by atoms with van der Waals surface area (Å²) in [6.07, 6.45) is 9.25. The highest BCUT2D eigenvalue weighted by atomic mass is 16.3. The predicted octanol–water partition coefficient (Wildman–Crippen LogP) is 3.71. The molecular formula is C21H34O3. The smallest absolute Gasteiger partial charge is 0.161 e. The van der Waals surface area contributed by atoms with Crippen LogP contribution in [0.25, 0.3) is 0 Å². The molecule has 4 rings (SSSR count). The number of hydrogen-bond acceptors (Lipinski definition) is 3. The van der Waals surface area contributed by atoms with Gasteiger partial charge in [-0.1, -0.05) is 13.8 Å². The Morgan fingerprint density at radius 3 is 2.38 bits per heavy atom. The highest BCUT2D eigenvalue weighted by Crippen LogP contribution is 2.68. The minimum atomic E-state index is -1.09. The number of ketones is 1. The first-order valence-corrected chi connectivity index (χ1v) is 10.1. The van der Waals surface area contributed by atoms with Gasteiger partial charge in [-0.25, -0.2) is 0 Å². The van der Waals surface area contributed by atoms with Crippen LogP contribution in [0.5, 0.6) is 0 Å². The topological polar surface area (TPSA) is 57.5 Å². The number of aliphatic hydroxyl groups is 2. The standard InChI is InChI=1S/C21H34O3/c1-13(22)21(24)11-8-18-16-5-4-14-12-15(23)6-9-19(14,2)17(16)7-10-20(18,21)3/h14-18,23-24H,4-12H2,1-3H3/t14-,15-,16-,17-,18+,19+,20+,21+/m1/s1. The van der Waals surface area contributed by atoms with Gasteiger partial charge < -0.3 is 10.2 Å². The first-order valence-electron chi connectivity index (χ1n) is 10.1. The maximum absolute atomic E-state index is 12.2. The number of carbonyl (C=O) groups is 1. The zero-order chi connectivity index (χ0) is 17.3. The average Bonchev–Trinajstić information content (AvgIpc) is 2.81. The molecule has 0 aromatic rings. The van der Waals surface area contributed by atoms with E-state index in [0.717, 1.165) is 44.4 Å². The summed E-state index contributed by atoms with van der Waals surface area (Å²) in [6.45, 7) is 6.26. The van der Waals surface area contributed by atoms with Gasteiger partial charge in [-0.2, -0.15) is 0 Å². The largest absolute Gasteiger partial charge is 0.393 e. The van der Waals surface area contributed by atoms with E-state index in [4.69, 9.17) is 0 Å². The number of carbonyl (C=O) groups excluding carboxylic acids is 1. The van der Waals surface area contributed by atoms with E-state index in [1.54, 1.807) is 6.92 Å². The zero-order valence-electron chi connectivity index (χ0n) is 15.6. The molecule has 4 fully saturated rings. The molecule has 0 spiro atoms. The molecule has 2 N–H and O–H groups in total. The van der Waals surface area contributed by atoms with Crippen LogP contribution >= 0.6 is 0 Å². The maximum Gasteiger partial charge on any atom is 0.161 e. The molecule has 0 amide bonds. The Balaban J connectivity index is 1.65. The fraction of sp³-hybridized carbons (Fsp3) is 0.952. The normalized spacial score (nSPS) is 57.0. The summed E-state index contributed by atoms with van der Waals surface area (Å²) in [6, 6.07) is 0. The Bertz CT molecular complexity index is 545. The number of rotatable bonds is 1. The third kappa shape index (κ3) is 2.00. The van der Waals surface area contributed by atoms with Crippen LogP contribution in [0.3, 0.4) is 0 Å². The van der Waals surface area contributed by atoms with Crippen LogP contribution in [0.4, 0.5) is 0 Å². The molecule has 3 nitrogen and oxygen atoms in total. The summed E-state index contributed by atoms with van der Waals surface area (Å²) in [5.74, 6) is 2.52. The molecule has 0 heterocycles. The van der Waals surface area contributed by atoms with Crippen molar-refractivity contribution >= 4 is 5.78 Å². The van der Waals surface area contributed by atoms with Crippen LogP contribution in [0, 0.1) is 34.5 Å². The molecule has 0 aromatic heterocycles. The van der Waals surface area contributed by atoms with Crippen molar-refractivity contribution in [2.45, 2.75) is 90.3 Å². The van der Waals surface area contributed by atoms with Gasteiger partial charge in [0.05, 0.1) is 6.10 Å². The lowest BCUT2D eigenvalue weighted by Crippen LogP contribution is -2.58. The Morgan fingerprint density at radius 2 is 1.67 bits per heavy atom. The lowest BCUT2D eigenvalue weighted by atomic mass is 9.44. The van der Waals surface area contributed by atoms with E-state index in [0.29, 0.717) is 29.6 Å². The van der Waals surface area contributed by atoms with Crippen molar-refractivity contribution in [3.8, 4) is 0 Å². The Hall–Kier alpha value is -0.410. The highest BCUT2D eigenvalue weighted by Gasteiger charge is 2.65. The molecule has 24 heavy (non-hydrogen) atoms. The van der Waals surface area contributed by atoms with Crippen molar-refractivity contribution in [3.05, 3.63) is 0 Å². The molecule has 0 unspecified atom stereocenters. The van der Waals surface area contributed by atoms with Crippen molar-refractivity contribution in [2.75, 3.05) is 0 Å². The maximum atomic E-state index is 12.2. The number of aliphatic hydroxyl groups excluding tert-OH is 1. The van der Waals surface area contributed by atoms with E-state index in [1.165, 1.54) is 12.8 Å². The second-order valence-electron chi connectivity index (χ2n) is 10.00. The lowest BCUT2D eigenvalue weighted by Gasteiger charge is -2.61. The lowest BCUT2D eigenvalue weighted by molar-refractivity contribution is -0.170. The van der Waals surface area contributed by atoms with Gasteiger partial charge in [0.25, 0.3) is 0 Å². The zero-order valence-corrected chi connectivity index (χ0v) is 15.6. The second kappa shape index (κ2) is 5.30. The molecule has 0 saturated heterocycles. The number of fused-ring (bicyclic) bond motifs is 5. The number of hydrogen-bond donors (Lipinski definition) is 2. The minimum absolute atomic E-state index is 0.0216. The monoisotopic (exact) mass is 334 g/mol. The van der Waals surface area contributed by atoms with Gasteiger partial charge in [-0.05, 0) is 93.8 Å². The van der Waals surface area contributed by atoms with Crippen molar-refractivity contribution in [1.82, 2.24) is 0 Å². The third-order valence-corrected chi connectivity index (χ3v) is 9.37. The summed E-state index contributed by atoms with van der Waals surface area (Å²) in [4.78, 5) is 12.2.